The fourth-order valence-electron chi connectivity index (χ4n) is 5.92. The summed E-state index contributed by atoms with van der Waals surface area (Å²) in [6.07, 6.45) is 1.05. The van der Waals surface area contributed by atoms with Crippen molar-refractivity contribution in [3.05, 3.63) is 86.8 Å². The second-order valence-electron chi connectivity index (χ2n) is 11.5. The summed E-state index contributed by atoms with van der Waals surface area (Å²) in [4.78, 5) is 27.4. The Labute approximate surface area is 226 Å². The van der Waals surface area contributed by atoms with Crippen LogP contribution in [0, 0.1) is 20.8 Å². The van der Waals surface area contributed by atoms with E-state index in [4.69, 9.17) is 15.2 Å². The number of nitrogens with two attached hydrogens (primary N) is 1. The van der Waals surface area contributed by atoms with E-state index >= 15 is 0 Å². The van der Waals surface area contributed by atoms with Gasteiger partial charge in [-0.3, -0.25) is 4.79 Å². The van der Waals surface area contributed by atoms with Crippen molar-refractivity contribution in [1.29, 1.82) is 0 Å². The van der Waals surface area contributed by atoms with E-state index < -0.39 is 17.5 Å². The van der Waals surface area contributed by atoms with Crippen LogP contribution in [-0.2, 0) is 19.1 Å². The molecular weight excluding hydrogens is 476 g/mol. The van der Waals surface area contributed by atoms with Crippen LogP contribution in [0.15, 0.2) is 58.9 Å². The average Bonchev–Trinajstić information content (AvgIpc) is 2.80. The largest absolute Gasteiger partial charge is 0.463 e. The molecule has 1 aliphatic heterocycles. The first kappa shape index (κ1) is 27.6. The number of anilines is 1. The highest BCUT2D eigenvalue weighted by atomic mass is 16.5. The van der Waals surface area contributed by atoms with Gasteiger partial charge in [-0.15, -0.1) is 0 Å². The maximum absolute atomic E-state index is 14.0. The molecule has 0 amide bonds. The molecule has 1 heterocycles. The molecule has 3 N–H and O–H groups in total. The zero-order chi connectivity index (χ0) is 27.8. The molecule has 0 saturated carbocycles. The molecule has 2 atom stereocenters. The Balaban J connectivity index is 1.87. The third-order valence-corrected chi connectivity index (χ3v) is 7.25. The highest BCUT2D eigenvalue weighted by Gasteiger charge is 2.42. The Kier molecular flexibility index (Phi) is 7.84. The van der Waals surface area contributed by atoms with E-state index in [0.717, 1.165) is 11.3 Å². The number of dihydropyridines is 1. The second-order valence-corrected chi connectivity index (χ2v) is 11.5. The molecule has 1 aliphatic carbocycles. The monoisotopic (exact) mass is 516 g/mol. The summed E-state index contributed by atoms with van der Waals surface area (Å²) in [7, 11) is 0. The van der Waals surface area contributed by atoms with Crippen molar-refractivity contribution in [2.24, 2.45) is 0 Å². The van der Waals surface area contributed by atoms with E-state index in [2.05, 4.69) is 38.2 Å². The lowest BCUT2D eigenvalue weighted by atomic mass is 9.70. The first-order valence-electron chi connectivity index (χ1n) is 13.4. The van der Waals surface area contributed by atoms with Crippen molar-refractivity contribution < 1.29 is 19.1 Å². The van der Waals surface area contributed by atoms with Gasteiger partial charge in [0.15, 0.2) is 5.78 Å². The minimum absolute atomic E-state index is 0.0353. The van der Waals surface area contributed by atoms with Crippen molar-refractivity contribution in [2.75, 3.05) is 18.9 Å². The van der Waals surface area contributed by atoms with Gasteiger partial charge in [-0.2, -0.15) is 0 Å². The van der Waals surface area contributed by atoms with Crippen LogP contribution in [0.3, 0.4) is 0 Å². The molecule has 2 unspecified atom stereocenters. The lowest BCUT2D eigenvalue weighted by Gasteiger charge is -2.38. The van der Waals surface area contributed by atoms with Gasteiger partial charge >= 0.3 is 5.97 Å². The van der Waals surface area contributed by atoms with Gasteiger partial charge < -0.3 is 20.5 Å². The normalized spacial score (nSPS) is 19.8. The van der Waals surface area contributed by atoms with E-state index in [9.17, 15) is 9.59 Å². The number of nitrogens with one attached hydrogen (secondary N) is 1. The second kappa shape index (κ2) is 10.8. The standard InChI is InChI=1S/C32H40N2O4/c1-8-37-31(36)30-25(17-38-32(5,6)7)34-24-15-22(27-19(3)12-18(2)13-20(27)4)16-26(35)29(24)28(30)21-10-9-11-23(33)14-21/h9-14,22,28,34H,8,15-17,33H2,1-7H3. The summed E-state index contributed by atoms with van der Waals surface area (Å²) in [6, 6.07) is 11.8. The van der Waals surface area contributed by atoms with Crippen LogP contribution in [0.2, 0.25) is 0 Å². The minimum Gasteiger partial charge on any atom is -0.463 e. The Morgan fingerprint density at radius 3 is 2.37 bits per heavy atom. The van der Waals surface area contributed by atoms with E-state index in [1.54, 1.807) is 13.0 Å². The molecule has 2 aliphatic rings. The number of Topliss-reactive ketones (excluding diaryl/α,β-unsaturated/α-hetero) is 1. The molecule has 2 aromatic carbocycles. The van der Waals surface area contributed by atoms with Gasteiger partial charge in [0.1, 0.15) is 0 Å². The summed E-state index contributed by atoms with van der Waals surface area (Å²) in [5.41, 5.74) is 14.5. The van der Waals surface area contributed by atoms with Crippen LogP contribution in [0.5, 0.6) is 0 Å². The predicted molar refractivity (Wildman–Crippen MR) is 151 cm³/mol. The quantitative estimate of drug-likeness (QED) is 0.366. The van der Waals surface area contributed by atoms with Crippen LogP contribution in [0.4, 0.5) is 5.69 Å². The summed E-state index contributed by atoms with van der Waals surface area (Å²) >= 11 is 0. The molecule has 0 spiro atoms. The van der Waals surface area contributed by atoms with Crippen molar-refractivity contribution in [3.8, 4) is 0 Å². The Bertz CT molecular complexity index is 1310. The zero-order valence-corrected chi connectivity index (χ0v) is 23.7. The third kappa shape index (κ3) is 5.70. The number of carbonyl (C=O) groups is 2. The summed E-state index contributed by atoms with van der Waals surface area (Å²) in [5.74, 6) is -0.953. The molecule has 0 saturated heterocycles. The summed E-state index contributed by atoms with van der Waals surface area (Å²) in [6.45, 7) is 14.5. The van der Waals surface area contributed by atoms with Crippen LogP contribution in [-0.4, -0.2) is 30.6 Å². The van der Waals surface area contributed by atoms with Gasteiger partial charge in [0.05, 0.1) is 30.1 Å². The summed E-state index contributed by atoms with van der Waals surface area (Å²) in [5, 5.41) is 3.49. The lowest BCUT2D eigenvalue weighted by Crippen LogP contribution is -2.39. The molecule has 202 valence electrons. The Morgan fingerprint density at radius 1 is 1.08 bits per heavy atom. The number of nitrogen functional groups attached to an aromatic ring is 1. The number of aryl methyl sites for hydroxylation is 3. The van der Waals surface area contributed by atoms with E-state index in [1.165, 1.54) is 22.3 Å². The molecule has 6 nitrogen and oxygen atoms in total. The molecule has 2 aromatic rings. The molecule has 4 rings (SSSR count). The van der Waals surface area contributed by atoms with Gasteiger partial charge in [0.2, 0.25) is 0 Å². The lowest BCUT2D eigenvalue weighted by molar-refractivity contribution is -0.139. The first-order valence-corrected chi connectivity index (χ1v) is 13.4. The predicted octanol–water partition coefficient (Wildman–Crippen LogP) is 5.91. The Morgan fingerprint density at radius 2 is 1.76 bits per heavy atom. The number of esters is 1. The maximum atomic E-state index is 14.0. The zero-order valence-electron chi connectivity index (χ0n) is 23.7. The topological polar surface area (TPSA) is 90.6 Å². The molecule has 0 bridgehead atoms. The molecule has 0 fully saturated rings. The average molecular weight is 517 g/mol. The Hall–Kier alpha value is -3.38. The fourth-order valence-corrected chi connectivity index (χ4v) is 5.92. The molecule has 6 heteroatoms. The highest BCUT2D eigenvalue weighted by Crippen LogP contribution is 2.47. The van der Waals surface area contributed by atoms with Crippen molar-refractivity contribution in [2.45, 2.75) is 78.7 Å². The number of benzene rings is 2. The smallest absolute Gasteiger partial charge is 0.336 e. The van der Waals surface area contributed by atoms with Crippen LogP contribution < -0.4 is 11.1 Å². The molecule has 0 radical (unpaired) electrons. The fraction of sp³-hybridized carbons (Fsp3) is 0.438. The van der Waals surface area contributed by atoms with Gasteiger partial charge in [-0.05, 0) is 95.2 Å². The SMILES string of the molecule is CCOC(=O)C1=C(COC(C)(C)C)NC2=C(C(=O)CC(c3c(C)cc(C)cc3C)C2)C1c1cccc(N)c1. The van der Waals surface area contributed by atoms with Gasteiger partial charge in [-0.25, -0.2) is 4.79 Å². The number of hydrogen-bond donors (Lipinski definition) is 2. The van der Waals surface area contributed by atoms with Crippen LogP contribution >= 0.6 is 0 Å². The van der Waals surface area contributed by atoms with Crippen molar-refractivity contribution in [1.82, 2.24) is 5.32 Å². The molecule has 0 aromatic heterocycles. The molecular formula is C32H40N2O4. The number of allylic oxidation sites excluding steroid dienone is 2. The van der Waals surface area contributed by atoms with Gasteiger partial charge in [-0.1, -0.05) is 29.8 Å². The van der Waals surface area contributed by atoms with Crippen LogP contribution in [0.25, 0.3) is 0 Å². The number of ether oxygens (including phenoxy) is 2. The van der Waals surface area contributed by atoms with Crippen LogP contribution in [0.1, 0.15) is 80.2 Å². The third-order valence-electron chi connectivity index (χ3n) is 7.25. The van der Waals surface area contributed by atoms with Gasteiger partial charge in [0.25, 0.3) is 0 Å². The van der Waals surface area contributed by atoms with E-state index in [-0.39, 0.29) is 24.9 Å². The van der Waals surface area contributed by atoms with E-state index in [1.807, 2.05) is 39.0 Å². The summed E-state index contributed by atoms with van der Waals surface area (Å²) < 4.78 is 11.7. The number of hydrogen-bond acceptors (Lipinski definition) is 6. The van der Waals surface area contributed by atoms with E-state index in [0.29, 0.717) is 35.4 Å². The minimum atomic E-state index is -0.582. The highest BCUT2D eigenvalue weighted by molar-refractivity contribution is 6.04. The number of ketones is 1. The maximum Gasteiger partial charge on any atom is 0.336 e. The van der Waals surface area contributed by atoms with Crippen molar-refractivity contribution >= 4 is 17.4 Å². The first-order chi connectivity index (χ1) is 17.9. The molecule has 38 heavy (non-hydrogen) atoms. The number of carbonyl (C=O) groups excluding carboxylic acids is 2. The number of rotatable bonds is 6. The van der Waals surface area contributed by atoms with Gasteiger partial charge in [0, 0.05) is 29.3 Å². The van der Waals surface area contributed by atoms with Crippen molar-refractivity contribution in [3.63, 3.8) is 0 Å².